The highest BCUT2D eigenvalue weighted by molar-refractivity contribution is 7.12. The number of benzene rings is 1. The van der Waals surface area contributed by atoms with Gasteiger partial charge < -0.3 is 15.5 Å². The van der Waals surface area contributed by atoms with Crippen molar-refractivity contribution in [2.75, 3.05) is 23.7 Å². The SMILES string of the molecule is CC(=O)Nc1ccc(NC(=O)[C@@H]2CCCN(C(=O)c3cccs3)C2)cc1. The van der Waals surface area contributed by atoms with Crippen molar-refractivity contribution in [2.24, 2.45) is 5.92 Å². The Hall–Kier alpha value is -2.67. The molecule has 0 spiro atoms. The Morgan fingerprint density at radius 3 is 2.38 bits per heavy atom. The number of rotatable bonds is 4. The van der Waals surface area contributed by atoms with Gasteiger partial charge in [-0.05, 0) is 48.6 Å². The molecule has 26 heavy (non-hydrogen) atoms. The number of carbonyl (C=O) groups excluding carboxylic acids is 3. The highest BCUT2D eigenvalue weighted by atomic mass is 32.1. The highest BCUT2D eigenvalue weighted by Crippen LogP contribution is 2.22. The molecular weight excluding hydrogens is 350 g/mol. The Morgan fingerprint density at radius 1 is 1.08 bits per heavy atom. The fraction of sp³-hybridized carbons (Fsp3) is 0.316. The smallest absolute Gasteiger partial charge is 0.263 e. The van der Waals surface area contributed by atoms with Crippen LogP contribution < -0.4 is 10.6 Å². The van der Waals surface area contributed by atoms with Gasteiger partial charge in [0.2, 0.25) is 11.8 Å². The van der Waals surface area contributed by atoms with E-state index in [2.05, 4.69) is 10.6 Å². The molecule has 1 atom stereocenters. The van der Waals surface area contributed by atoms with Crippen LogP contribution in [0.3, 0.4) is 0 Å². The first-order valence-electron chi connectivity index (χ1n) is 8.54. The summed E-state index contributed by atoms with van der Waals surface area (Å²) in [6.45, 7) is 2.57. The van der Waals surface area contributed by atoms with E-state index in [9.17, 15) is 14.4 Å². The van der Waals surface area contributed by atoms with Gasteiger partial charge in [0.15, 0.2) is 0 Å². The summed E-state index contributed by atoms with van der Waals surface area (Å²) in [5, 5.41) is 7.47. The van der Waals surface area contributed by atoms with Crippen molar-refractivity contribution in [3.8, 4) is 0 Å². The molecule has 0 bridgehead atoms. The van der Waals surface area contributed by atoms with Crippen LogP contribution in [0.25, 0.3) is 0 Å². The summed E-state index contributed by atoms with van der Waals surface area (Å²) in [5.41, 5.74) is 1.35. The number of likely N-dealkylation sites (tertiary alicyclic amines) is 1. The maximum atomic E-state index is 12.6. The van der Waals surface area contributed by atoms with Crippen LogP contribution in [0.5, 0.6) is 0 Å². The van der Waals surface area contributed by atoms with E-state index in [1.165, 1.54) is 18.3 Å². The monoisotopic (exact) mass is 371 g/mol. The van der Waals surface area contributed by atoms with E-state index in [0.29, 0.717) is 29.3 Å². The molecule has 7 heteroatoms. The first-order chi connectivity index (χ1) is 12.5. The molecule has 3 amide bonds. The van der Waals surface area contributed by atoms with Crippen molar-refractivity contribution in [2.45, 2.75) is 19.8 Å². The lowest BCUT2D eigenvalue weighted by Crippen LogP contribution is -2.43. The van der Waals surface area contributed by atoms with Crippen molar-refractivity contribution in [3.63, 3.8) is 0 Å². The van der Waals surface area contributed by atoms with Crippen LogP contribution in [0.4, 0.5) is 11.4 Å². The second kappa shape index (κ2) is 8.14. The Morgan fingerprint density at radius 2 is 1.77 bits per heavy atom. The van der Waals surface area contributed by atoms with Crippen molar-refractivity contribution in [1.82, 2.24) is 4.90 Å². The number of amides is 3. The molecule has 136 valence electrons. The van der Waals surface area contributed by atoms with Crippen LogP contribution in [-0.2, 0) is 9.59 Å². The highest BCUT2D eigenvalue weighted by Gasteiger charge is 2.29. The second-order valence-corrected chi connectivity index (χ2v) is 7.26. The van der Waals surface area contributed by atoms with E-state index in [-0.39, 0.29) is 23.6 Å². The molecule has 1 aromatic carbocycles. The summed E-state index contributed by atoms with van der Waals surface area (Å²) in [6, 6.07) is 10.7. The predicted molar refractivity (Wildman–Crippen MR) is 102 cm³/mol. The van der Waals surface area contributed by atoms with E-state index in [4.69, 9.17) is 0 Å². The lowest BCUT2D eigenvalue weighted by Gasteiger charge is -2.31. The van der Waals surface area contributed by atoms with E-state index in [1.807, 2.05) is 17.5 Å². The lowest BCUT2D eigenvalue weighted by atomic mass is 9.97. The third-order valence-corrected chi connectivity index (χ3v) is 5.14. The number of hydrogen-bond donors (Lipinski definition) is 2. The normalized spacial score (nSPS) is 16.8. The number of carbonyl (C=O) groups is 3. The summed E-state index contributed by atoms with van der Waals surface area (Å²) < 4.78 is 0. The number of nitrogens with one attached hydrogen (secondary N) is 2. The van der Waals surface area contributed by atoms with E-state index < -0.39 is 0 Å². The molecule has 1 aliphatic heterocycles. The van der Waals surface area contributed by atoms with Crippen LogP contribution in [0.2, 0.25) is 0 Å². The molecule has 2 heterocycles. The maximum Gasteiger partial charge on any atom is 0.263 e. The summed E-state index contributed by atoms with van der Waals surface area (Å²) >= 11 is 1.42. The number of nitrogens with zero attached hydrogens (tertiary/aromatic N) is 1. The zero-order valence-corrected chi connectivity index (χ0v) is 15.3. The van der Waals surface area contributed by atoms with Crippen molar-refractivity contribution in [3.05, 3.63) is 46.7 Å². The first-order valence-corrected chi connectivity index (χ1v) is 9.42. The fourth-order valence-electron chi connectivity index (χ4n) is 3.02. The number of piperidine rings is 1. The fourth-order valence-corrected chi connectivity index (χ4v) is 3.71. The molecule has 0 unspecified atom stereocenters. The minimum atomic E-state index is -0.220. The van der Waals surface area contributed by atoms with Gasteiger partial charge in [0.25, 0.3) is 5.91 Å². The lowest BCUT2D eigenvalue weighted by molar-refractivity contribution is -0.121. The van der Waals surface area contributed by atoms with Gasteiger partial charge in [-0.25, -0.2) is 0 Å². The van der Waals surface area contributed by atoms with Crippen molar-refractivity contribution < 1.29 is 14.4 Å². The Balaban J connectivity index is 1.59. The van der Waals surface area contributed by atoms with Crippen LogP contribution in [0, 0.1) is 5.92 Å². The molecule has 1 aromatic heterocycles. The van der Waals surface area contributed by atoms with Gasteiger partial charge >= 0.3 is 0 Å². The molecular formula is C19H21N3O3S. The number of thiophene rings is 1. The Bertz CT molecular complexity index is 787. The third-order valence-electron chi connectivity index (χ3n) is 4.28. The van der Waals surface area contributed by atoms with Gasteiger partial charge in [-0.15, -0.1) is 11.3 Å². The molecule has 1 fully saturated rings. The summed E-state index contributed by atoms with van der Waals surface area (Å²) in [4.78, 5) is 38.6. The molecule has 0 aliphatic carbocycles. The molecule has 1 aliphatic rings. The quantitative estimate of drug-likeness (QED) is 0.866. The Kier molecular flexibility index (Phi) is 5.68. The second-order valence-electron chi connectivity index (χ2n) is 6.32. The molecule has 1 saturated heterocycles. The van der Waals surface area contributed by atoms with Crippen molar-refractivity contribution >= 4 is 40.4 Å². The standard InChI is InChI=1S/C19H21N3O3S/c1-13(23)20-15-6-8-16(9-7-15)21-18(24)14-4-2-10-22(12-14)19(25)17-5-3-11-26-17/h3,5-9,11,14H,2,4,10,12H2,1H3,(H,20,23)(H,21,24)/t14-/m1/s1. The summed E-state index contributed by atoms with van der Waals surface area (Å²) in [6.07, 6.45) is 1.58. The molecule has 6 nitrogen and oxygen atoms in total. The van der Waals surface area contributed by atoms with Crippen molar-refractivity contribution in [1.29, 1.82) is 0 Å². The molecule has 3 rings (SSSR count). The molecule has 2 aromatic rings. The summed E-state index contributed by atoms with van der Waals surface area (Å²) in [5.74, 6) is -0.444. The zero-order chi connectivity index (χ0) is 18.5. The predicted octanol–water partition coefficient (Wildman–Crippen LogP) is 3.20. The Labute approximate surface area is 156 Å². The topological polar surface area (TPSA) is 78.5 Å². The van der Waals surface area contributed by atoms with Gasteiger partial charge in [0.1, 0.15) is 0 Å². The average Bonchev–Trinajstić information content (AvgIpc) is 3.17. The number of anilines is 2. The van der Waals surface area contributed by atoms with Crippen LogP contribution in [0.1, 0.15) is 29.4 Å². The minimum Gasteiger partial charge on any atom is -0.337 e. The zero-order valence-electron chi connectivity index (χ0n) is 14.5. The third kappa shape index (κ3) is 4.49. The van der Waals surface area contributed by atoms with Crippen LogP contribution in [-0.4, -0.2) is 35.7 Å². The first kappa shape index (κ1) is 18.1. The van der Waals surface area contributed by atoms with E-state index >= 15 is 0 Å². The van der Waals surface area contributed by atoms with Gasteiger partial charge in [-0.3, -0.25) is 14.4 Å². The van der Waals surface area contributed by atoms with Crippen LogP contribution in [0.15, 0.2) is 41.8 Å². The summed E-state index contributed by atoms with van der Waals surface area (Å²) in [7, 11) is 0. The number of hydrogen-bond acceptors (Lipinski definition) is 4. The van der Waals surface area contributed by atoms with Gasteiger partial charge in [0.05, 0.1) is 10.8 Å². The van der Waals surface area contributed by atoms with Gasteiger partial charge in [-0.1, -0.05) is 6.07 Å². The largest absolute Gasteiger partial charge is 0.337 e. The van der Waals surface area contributed by atoms with E-state index in [1.54, 1.807) is 29.2 Å². The minimum absolute atomic E-state index is 0.00263. The van der Waals surface area contributed by atoms with E-state index in [0.717, 1.165) is 12.8 Å². The molecule has 2 N–H and O–H groups in total. The van der Waals surface area contributed by atoms with Crippen LogP contribution >= 0.6 is 11.3 Å². The molecule has 0 radical (unpaired) electrons. The average molecular weight is 371 g/mol. The van der Waals surface area contributed by atoms with Gasteiger partial charge in [-0.2, -0.15) is 0 Å². The maximum absolute atomic E-state index is 12.6. The molecule has 0 saturated carbocycles. The van der Waals surface area contributed by atoms with Gasteiger partial charge in [0, 0.05) is 31.4 Å².